The zero-order chi connectivity index (χ0) is 18.5. The summed E-state index contributed by atoms with van der Waals surface area (Å²) in [7, 11) is 3.54. The van der Waals surface area contributed by atoms with E-state index in [0.29, 0.717) is 23.2 Å². The number of nitrogens with zero attached hydrogens (tertiary/aromatic N) is 4. The highest BCUT2D eigenvalue weighted by Gasteiger charge is 2.20. The SMILES string of the molecule is CNC(C(=O)Nc1ccc(OCc2nc(C)no2)cc1)c1cnn(C)c1.Cl. The van der Waals surface area contributed by atoms with Crippen molar-refractivity contribution in [1.82, 2.24) is 25.2 Å². The molecule has 0 fully saturated rings. The van der Waals surface area contributed by atoms with Crippen LogP contribution in [0.3, 0.4) is 0 Å². The van der Waals surface area contributed by atoms with Crippen LogP contribution >= 0.6 is 12.4 Å². The zero-order valence-corrected chi connectivity index (χ0v) is 16.0. The highest BCUT2D eigenvalue weighted by Crippen LogP contribution is 2.19. The number of ether oxygens (including phenoxy) is 1. The van der Waals surface area contributed by atoms with Crippen LogP contribution in [-0.4, -0.2) is 32.9 Å². The molecule has 2 aromatic heterocycles. The number of carbonyl (C=O) groups is 1. The molecule has 0 aliphatic heterocycles. The molecule has 9 nitrogen and oxygen atoms in total. The number of carbonyl (C=O) groups excluding carboxylic acids is 1. The summed E-state index contributed by atoms with van der Waals surface area (Å²) in [4.78, 5) is 16.6. The number of aromatic nitrogens is 4. The van der Waals surface area contributed by atoms with Crippen LogP contribution in [0.1, 0.15) is 23.3 Å². The molecule has 1 amide bonds. The third kappa shape index (κ3) is 5.28. The molecule has 1 aromatic carbocycles. The number of hydrogen-bond acceptors (Lipinski definition) is 7. The largest absolute Gasteiger partial charge is 0.484 e. The molecule has 3 rings (SSSR count). The van der Waals surface area contributed by atoms with E-state index in [4.69, 9.17) is 9.26 Å². The number of likely N-dealkylation sites (N-methyl/N-ethyl adjacent to an activating group) is 1. The van der Waals surface area contributed by atoms with Crippen LogP contribution in [0, 0.1) is 6.92 Å². The van der Waals surface area contributed by atoms with E-state index in [-0.39, 0.29) is 24.9 Å². The molecule has 3 aromatic rings. The molecule has 0 radical (unpaired) electrons. The third-order valence-electron chi connectivity index (χ3n) is 3.66. The van der Waals surface area contributed by atoms with Gasteiger partial charge in [0, 0.05) is 24.5 Å². The minimum Gasteiger partial charge on any atom is -0.484 e. The Bertz CT molecular complexity index is 877. The molecule has 0 aliphatic rings. The van der Waals surface area contributed by atoms with Crippen LogP contribution in [0.5, 0.6) is 5.75 Å². The van der Waals surface area contributed by atoms with Crippen molar-refractivity contribution >= 4 is 24.0 Å². The maximum Gasteiger partial charge on any atom is 0.264 e. The number of anilines is 1. The van der Waals surface area contributed by atoms with E-state index in [1.165, 1.54) is 0 Å². The number of nitrogens with one attached hydrogen (secondary N) is 2. The third-order valence-corrected chi connectivity index (χ3v) is 3.66. The molecular formula is C17H21ClN6O3. The minimum atomic E-state index is -0.486. The summed E-state index contributed by atoms with van der Waals surface area (Å²) >= 11 is 0. The lowest BCUT2D eigenvalue weighted by Crippen LogP contribution is -2.30. The van der Waals surface area contributed by atoms with Gasteiger partial charge in [-0.15, -0.1) is 12.4 Å². The van der Waals surface area contributed by atoms with Gasteiger partial charge in [-0.05, 0) is 38.2 Å². The lowest BCUT2D eigenvalue weighted by molar-refractivity contribution is -0.118. The number of aryl methyl sites for hydroxylation is 2. The standard InChI is InChI=1S/C17H20N6O3.ClH/c1-11-20-15(26-22-11)10-25-14-6-4-13(5-7-14)21-17(24)16(18-2)12-8-19-23(3)9-12;/h4-9,16,18H,10H2,1-3H3,(H,21,24);1H. The summed E-state index contributed by atoms with van der Waals surface area (Å²) < 4.78 is 12.2. The van der Waals surface area contributed by atoms with E-state index in [0.717, 1.165) is 5.56 Å². The van der Waals surface area contributed by atoms with Gasteiger partial charge < -0.3 is 19.9 Å². The van der Waals surface area contributed by atoms with E-state index < -0.39 is 6.04 Å². The van der Waals surface area contributed by atoms with E-state index >= 15 is 0 Å². The van der Waals surface area contributed by atoms with Crippen molar-refractivity contribution in [2.75, 3.05) is 12.4 Å². The predicted molar refractivity (Wildman–Crippen MR) is 101 cm³/mol. The number of halogens is 1. The molecule has 0 spiro atoms. The van der Waals surface area contributed by atoms with Crippen molar-refractivity contribution in [3.63, 3.8) is 0 Å². The Morgan fingerprint density at radius 3 is 2.63 bits per heavy atom. The van der Waals surface area contributed by atoms with Crippen LogP contribution in [0.15, 0.2) is 41.2 Å². The predicted octanol–water partition coefficient (Wildman–Crippen LogP) is 2.01. The van der Waals surface area contributed by atoms with Gasteiger partial charge in [0.05, 0.1) is 6.20 Å². The molecule has 144 valence electrons. The normalized spacial score (nSPS) is 11.5. The zero-order valence-electron chi connectivity index (χ0n) is 15.2. The van der Waals surface area contributed by atoms with Gasteiger partial charge in [0.15, 0.2) is 12.4 Å². The molecule has 0 bridgehead atoms. The molecule has 1 atom stereocenters. The first-order valence-corrected chi connectivity index (χ1v) is 8.04. The molecule has 10 heteroatoms. The average molecular weight is 393 g/mol. The van der Waals surface area contributed by atoms with E-state index in [1.807, 2.05) is 7.05 Å². The smallest absolute Gasteiger partial charge is 0.264 e. The number of hydrogen-bond donors (Lipinski definition) is 2. The lowest BCUT2D eigenvalue weighted by Gasteiger charge is -2.14. The van der Waals surface area contributed by atoms with Crippen molar-refractivity contribution in [3.05, 3.63) is 53.9 Å². The monoisotopic (exact) mass is 392 g/mol. The fourth-order valence-electron chi connectivity index (χ4n) is 2.43. The van der Waals surface area contributed by atoms with Gasteiger partial charge in [0.2, 0.25) is 5.91 Å². The molecule has 0 aliphatic carbocycles. The first-order valence-electron chi connectivity index (χ1n) is 8.04. The number of amides is 1. The molecule has 1 unspecified atom stereocenters. The highest BCUT2D eigenvalue weighted by molar-refractivity contribution is 5.95. The summed E-state index contributed by atoms with van der Waals surface area (Å²) in [5.41, 5.74) is 1.46. The fourth-order valence-corrected chi connectivity index (χ4v) is 2.43. The van der Waals surface area contributed by atoms with Crippen molar-refractivity contribution in [1.29, 1.82) is 0 Å². The molecule has 0 saturated heterocycles. The van der Waals surface area contributed by atoms with E-state index in [2.05, 4.69) is 25.9 Å². The maximum atomic E-state index is 12.5. The van der Waals surface area contributed by atoms with Crippen LogP contribution in [0.2, 0.25) is 0 Å². The number of benzene rings is 1. The molecular weight excluding hydrogens is 372 g/mol. The van der Waals surface area contributed by atoms with E-state index in [1.54, 1.807) is 55.3 Å². The Morgan fingerprint density at radius 2 is 2.07 bits per heavy atom. The maximum absolute atomic E-state index is 12.5. The van der Waals surface area contributed by atoms with Crippen LogP contribution < -0.4 is 15.4 Å². The Kier molecular flexibility index (Phi) is 6.91. The van der Waals surface area contributed by atoms with Crippen LogP contribution in [-0.2, 0) is 18.4 Å². The van der Waals surface area contributed by atoms with Gasteiger partial charge in [-0.3, -0.25) is 9.48 Å². The second-order valence-electron chi connectivity index (χ2n) is 5.71. The second kappa shape index (κ2) is 9.15. The fraction of sp³-hybridized carbons (Fsp3) is 0.294. The Balaban J connectivity index is 0.00000261. The van der Waals surface area contributed by atoms with E-state index in [9.17, 15) is 4.79 Å². The van der Waals surface area contributed by atoms with Crippen LogP contribution in [0.25, 0.3) is 0 Å². The second-order valence-corrected chi connectivity index (χ2v) is 5.71. The Hall–Kier alpha value is -2.91. The van der Waals surface area contributed by atoms with Crippen LogP contribution in [0.4, 0.5) is 5.69 Å². The molecule has 27 heavy (non-hydrogen) atoms. The van der Waals surface area contributed by atoms with Crippen molar-refractivity contribution < 1.29 is 14.1 Å². The molecule has 0 saturated carbocycles. The average Bonchev–Trinajstić information content (AvgIpc) is 3.23. The van der Waals surface area contributed by atoms with Gasteiger partial charge in [0.25, 0.3) is 5.89 Å². The summed E-state index contributed by atoms with van der Waals surface area (Å²) in [6, 6.07) is 6.57. The lowest BCUT2D eigenvalue weighted by atomic mass is 10.1. The summed E-state index contributed by atoms with van der Waals surface area (Å²) in [6.07, 6.45) is 3.47. The topological polar surface area (TPSA) is 107 Å². The first kappa shape index (κ1) is 20.4. The van der Waals surface area contributed by atoms with Crippen molar-refractivity contribution in [2.24, 2.45) is 7.05 Å². The van der Waals surface area contributed by atoms with Gasteiger partial charge in [-0.2, -0.15) is 10.1 Å². The van der Waals surface area contributed by atoms with Crippen molar-refractivity contribution in [3.8, 4) is 5.75 Å². The first-order chi connectivity index (χ1) is 12.5. The highest BCUT2D eigenvalue weighted by atomic mass is 35.5. The van der Waals surface area contributed by atoms with Crippen molar-refractivity contribution in [2.45, 2.75) is 19.6 Å². The number of rotatable bonds is 7. The quantitative estimate of drug-likeness (QED) is 0.633. The Labute approximate surface area is 162 Å². The van der Waals surface area contributed by atoms with Gasteiger partial charge in [0.1, 0.15) is 11.8 Å². The molecule has 2 N–H and O–H groups in total. The summed E-state index contributed by atoms with van der Waals surface area (Å²) in [5.74, 6) is 1.44. The summed E-state index contributed by atoms with van der Waals surface area (Å²) in [6.45, 7) is 1.93. The minimum absolute atomic E-state index is 0. The summed E-state index contributed by atoms with van der Waals surface area (Å²) in [5, 5.41) is 13.7. The Morgan fingerprint density at radius 1 is 1.33 bits per heavy atom. The van der Waals surface area contributed by atoms with Gasteiger partial charge >= 0.3 is 0 Å². The molecule has 2 heterocycles. The van der Waals surface area contributed by atoms with Gasteiger partial charge in [-0.1, -0.05) is 5.16 Å². The van der Waals surface area contributed by atoms with Gasteiger partial charge in [-0.25, -0.2) is 0 Å².